The van der Waals surface area contributed by atoms with Gasteiger partial charge in [-0.2, -0.15) is 0 Å². The van der Waals surface area contributed by atoms with E-state index in [0.29, 0.717) is 6.42 Å². The van der Waals surface area contributed by atoms with Crippen molar-refractivity contribution in [1.82, 2.24) is 4.90 Å². The average molecular weight is 430 g/mol. The lowest BCUT2D eigenvalue weighted by Crippen LogP contribution is -2.74. The van der Waals surface area contributed by atoms with E-state index >= 15 is 0 Å². The number of aliphatic hydroxyl groups is 1. The Hall–Kier alpha value is -2.76. The third-order valence-electron chi connectivity index (χ3n) is 8.42. The Bertz CT molecular complexity index is 1310. The second-order valence-electron chi connectivity index (χ2n) is 10.0. The first-order valence-corrected chi connectivity index (χ1v) is 11.5. The molecule has 4 atom stereocenters. The molecule has 2 aliphatic carbocycles. The number of likely N-dealkylation sites (tertiary alicyclic amines) is 1. The highest BCUT2D eigenvalue weighted by Crippen LogP contribution is 2.69. The number of piperidine rings is 1. The van der Waals surface area contributed by atoms with Crippen molar-refractivity contribution in [3.05, 3.63) is 71.0 Å². The van der Waals surface area contributed by atoms with Crippen molar-refractivity contribution in [1.29, 1.82) is 0 Å². The molecule has 1 N–H and O–H groups in total. The van der Waals surface area contributed by atoms with Crippen molar-refractivity contribution >= 4 is 11.0 Å². The zero-order valence-electron chi connectivity index (χ0n) is 18.5. The molecule has 3 aromatic rings. The van der Waals surface area contributed by atoms with Crippen molar-refractivity contribution in [2.24, 2.45) is 0 Å². The molecule has 2 aromatic carbocycles. The fourth-order valence-electron chi connectivity index (χ4n) is 7.26. The first-order valence-electron chi connectivity index (χ1n) is 11.5. The second kappa shape index (κ2) is 5.97. The van der Waals surface area contributed by atoms with Crippen LogP contribution in [0.3, 0.4) is 0 Å². The predicted octanol–water partition coefficient (Wildman–Crippen LogP) is 4.31. The van der Waals surface area contributed by atoms with Crippen molar-refractivity contribution in [2.45, 2.75) is 49.3 Å². The molecule has 5 nitrogen and oxygen atoms in total. The van der Waals surface area contributed by atoms with Crippen molar-refractivity contribution in [3.8, 4) is 11.5 Å². The molecule has 0 radical (unpaired) electrons. The van der Waals surface area contributed by atoms with E-state index in [4.69, 9.17) is 13.9 Å². The van der Waals surface area contributed by atoms with Crippen LogP contribution in [0.4, 0.5) is 0 Å². The highest BCUT2D eigenvalue weighted by molar-refractivity contribution is 5.84. The molecule has 2 unspecified atom stereocenters. The number of rotatable bonds is 3. The van der Waals surface area contributed by atoms with Crippen molar-refractivity contribution < 1.29 is 19.0 Å². The van der Waals surface area contributed by atoms with Crippen LogP contribution >= 0.6 is 0 Å². The third kappa shape index (κ3) is 1.98. The summed E-state index contributed by atoms with van der Waals surface area (Å²) in [5, 5.41) is 13.8. The largest absolute Gasteiger partial charge is 0.493 e. The third-order valence-corrected chi connectivity index (χ3v) is 8.42. The van der Waals surface area contributed by atoms with E-state index in [1.54, 1.807) is 7.11 Å². The van der Waals surface area contributed by atoms with Crippen LogP contribution in [0.5, 0.6) is 11.5 Å². The number of methoxy groups -OCH3 is 1. The van der Waals surface area contributed by atoms with Gasteiger partial charge in [-0.3, -0.25) is 4.90 Å². The number of furan rings is 1. The molecule has 3 heterocycles. The second-order valence-corrected chi connectivity index (χ2v) is 10.0. The summed E-state index contributed by atoms with van der Waals surface area (Å²) in [7, 11) is 1.68. The first-order chi connectivity index (χ1) is 15.5. The van der Waals surface area contributed by atoms with Crippen LogP contribution in [-0.2, 0) is 18.3 Å². The van der Waals surface area contributed by atoms with Crippen molar-refractivity contribution in [3.63, 3.8) is 0 Å². The normalized spacial score (nSPS) is 31.7. The van der Waals surface area contributed by atoms with E-state index in [9.17, 15) is 5.11 Å². The van der Waals surface area contributed by atoms with Crippen LogP contribution in [0.1, 0.15) is 41.9 Å². The van der Waals surface area contributed by atoms with Gasteiger partial charge >= 0.3 is 0 Å². The molecule has 7 rings (SSSR count). The Kier molecular flexibility index (Phi) is 3.50. The summed E-state index contributed by atoms with van der Waals surface area (Å²) in [4.78, 5) is 2.43. The number of hydrogen-bond acceptors (Lipinski definition) is 5. The highest BCUT2D eigenvalue weighted by Gasteiger charge is 2.73. The van der Waals surface area contributed by atoms with Gasteiger partial charge in [0.1, 0.15) is 11.3 Å². The molecule has 4 aliphatic rings. The molecule has 2 aliphatic heterocycles. The molecular weight excluding hydrogens is 402 g/mol. The first kappa shape index (κ1) is 18.8. The van der Waals surface area contributed by atoms with Crippen LogP contribution < -0.4 is 9.47 Å². The summed E-state index contributed by atoms with van der Waals surface area (Å²) in [5.41, 5.74) is 3.95. The maximum absolute atomic E-state index is 12.7. The molecule has 1 saturated heterocycles. The van der Waals surface area contributed by atoms with Crippen LogP contribution in [-0.4, -0.2) is 41.8 Å². The lowest BCUT2D eigenvalue weighted by Gasteiger charge is -2.62. The Balaban J connectivity index is 1.54. The minimum absolute atomic E-state index is 0.00675. The van der Waals surface area contributed by atoms with Gasteiger partial charge in [-0.15, -0.1) is 0 Å². The van der Waals surface area contributed by atoms with Gasteiger partial charge in [0.15, 0.2) is 17.6 Å². The van der Waals surface area contributed by atoms with Crippen LogP contribution in [0, 0.1) is 0 Å². The van der Waals surface area contributed by atoms with Gasteiger partial charge in [0, 0.05) is 42.1 Å². The average Bonchev–Trinajstić information content (AvgIpc) is 3.30. The van der Waals surface area contributed by atoms with E-state index in [-0.39, 0.29) is 12.1 Å². The molecule has 1 aromatic heterocycles. The Morgan fingerprint density at radius 3 is 2.94 bits per heavy atom. The number of para-hydroxylation sites is 1. The van der Waals surface area contributed by atoms with Gasteiger partial charge in [-0.05, 0) is 37.5 Å². The zero-order chi connectivity index (χ0) is 21.8. The number of fused-ring (bicyclic) bond motifs is 4. The number of nitrogens with zero attached hydrogens (tertiary/aromatic N) is 1. The summed E-state index contributed by atoms with van der Waals surface area (Å²) in [5.74, 6) is 2.39. The molecule has 2 bridgehead atoms. The van der Waals surface area contributed by atoms with E-state index < -0.39 is 11.0 Å². The fraction of sp³-hybridized carbons (Fsp3) is 0.407. The molecule has 5 heteroatoms. The molecule has 1 spiro atoms. The van der Waals surface area contributed by atoms with Gasteiger partial charge in [0.05, 0.1) is 18.1 Å². The van der Waals surface area contributed by atoms with Gasteiger partial charge in [0.25, 0.3) is 0 Å². The molecule has 32 heavy (non-hydrogen) atoms. The minimum Gasteiger partial charge on any atom is -0.493 e. The smallest absolute Gasteiger partial charge is 0.169 e. The highest BCUT2D eigenvalue weighted by atomic mass is 16.5. The molecule has 1 fully saturated rings. The summed E-state index contributed by atoms with van der Waals surface area (Å²) in [6.45, 7) is 7.92. The van der Waals surface area contributed by atoms with Crippen LogP contribution in [0.2, 0.25) is 0 Å². The fourth-order valence-corrected chi connectivity index (χ4v) is 7.26. The van der Waals surface area contributed by atoms with Crippen LogP contribution in [0.15, 0.2) is 53.0 Å². The predicted molar refractivity (Wildman–Crippen MR) is 121 cm³/mol. The quantitative estimate of drug-likeness (QED) is 0.629. The molecular formula is C27H27NO4. The topological polar surface area (TPSA) is 55.1 Å². The monoisotopic (exact) mass is 429 g/mol. The summed E-state index contributed by atoms with van der Waals surface area (Å²) < 4.78 is 18.9. The Morgan fingerprint density at radius 1 is 1.28 bits per heavy atom. The maximum atomic E-state index is 12.7. The van der Waals surface area contributed by atoms with Gasteiger partial charge in [-0.25, -0.2) is 0 Å². The zero-order valence-corrected chi connectivity index (χ0v) is 18.5. The van der Waals surface area contributed by atoms with Gasteiger partial charge in [0.2, 0.25) is 0 Å². The summed E-state index contributed by atoms with van der Waals surface area (Å²) in [6.07, 6.45) is 1.80. The van der Waals surface area contributed by atoms with Gasteiger partial charge < -0.3 is 19.0 Å². The maximum Gasteiger partial charge on any atom is 0.169 e. The number of ether oxygens (including phenoxy) is 2. The summed E-state index contributed by atoms with van der Waals surface area (Å²) in [6, 6.07) is 12.3. The Morgan fingerprint density at radius 2 is 2.12 bits per heavy atom. The van der Waals surface area contributed by atoms with E-state index in [0.717, 1.165) is 70.9 Å². The summed E-state index contributed by atoms with van der Waals surface area (Å²) >= 11 is 0. The van der Waals surface area contributed by atoms with Crippen molar-refractivity contribution in [2.75, 3.05) is 20.2 Å². The van der Waals surface area contributed by atoms with Crippen LogP contribution in [0.25, 0.3) is 11.0 Å². The molecule has 0 saturated carbocycles. The standard InChI is InChI=1S/C27H27NO4/c1-15(2)14-28-11-10-26-22-16-8-9-20(30-3)24(22)32-25(26)23-18(13-27(26,29)21(28)12-16)17-6-4-5-7-19(17)31-23/h4-9,21,25,29H,1,10-14H2,2-3H3/t21?,25-,26?,27+/m0/s1. The molecule has 0 amide bonds. The van der Waals surface area contributed by atoms with Gasteiger partial charge in [-0.1, -0.05) is 36.4 Å². The lowest BCUT2D eigenvalue weighted by molar-refractivity contribution is -0.173. The minimum atomic E-state index is -0.963. The SMILES string of the molecule is C=C(C)CN1CCC23c4c5ccc(OC)c4O[C@H]2c2oc4ccccc4c2C[C@@]3(O)C1C5. The van der Waals surface area contributed by atoms with E-state index in [2.05, 4.69) is 30.5 Å². The van der Waals surface area contributed by atoms with E-state index in [1.165, 1.54) is 5.56 Å². The number of benzene rings is 2. The molecule has 164 valence electrons. The number of hydrogen-bond donors (Lipinski definition) is 1. The van der Waals surface area contributed by atoms with E-state index in [1.807, 2.05) is 24.3 Å². The Labute approximate surface area is 187 Å². The lowest BCUT2D eigenvalue weighted by atomic mass is 9.49.